The highest BCUT2D eigenvalue weighted by atomic mass is 19.1. The molecule has 1 aromatic rings. The van der Waals surface area contributed by atoms with Gasteiger partial charge in [-0.25, -0.2) is 13.6 Å². The molecule has 0 bridgehead atoms. The number of nitrogens with one attached hydrogen (secondary N) is 2. The van der Waals surface area contributed by atoms with Gasteiger partial charge in [0, 0.05) is 24.9 Å². The van der Waals surface area contributed by atoms with E-state index in [1.807, 2.05) is 0 Å². The Balaban J connectivity index is 1.53. The number of cyclic esters (lactones) is 1. The van der Waals surface area contributed by atoms with Gasteiger partial charge in [0.25, 0.3) is 0 Å². The monoisotopic (exact) mass is 365 g/mol. The number of anilines is 1. The molecule has 0 spiro atoms. The molecule has 7 nitrogen and oxygen atoms in total. The average molecular weight is 365 g/mol. The van der Waals surface area contributed by atoms with Crippen molar-refractivity contribution in [2.45, 2.75) is 18.9 Å². The fraction of sp³-hybridized carbons (Fsp3) is 0.471. The van der Waals surface area contributed by atoms with E-state index in [1.54, 1.807) is 0 Å². The zero-order valence-corrected chi connectivity index (χ0v) is 13.9. The van der Waals surface area contributed by atoms with E-state index in [2.05, 4.69) is 10.6 Å². The SMILES string of the molecule is CC(=O)NC[C@H]1CN(c2cc(F)c([C@@H]3[C@H]4CNC(=O)[C@H]43)c(F)c2)C(=O)O1. The number of hydrogen-bond donors (Lipinski definition) is 2. The molecule has 0 aromatic heterocycles. The van der Waals surface area contributed by atoms with Crippen LogP contribution in [0.3, 0.4) is 0 Å². The number of hydrogen-bond acceptors (Lipinski definition) is 4. The van der Waals surface area contributed by atoms with Gasteiger partial charge in [-0.1, -0.05) is 0 Å². The minimum Gasteiger partial charge on any atom is -0.442 e. The van der Waals surface area contributed by atoms with Gasteiger partial charge in [0.2, 0.25) is 11.8 Å². The number of carbonyl (C=O) groups excluding carboxylic acids is 3. The lowest BCUT2D eigenvalue weighted by molar-refractivity contribution is -0.121. The smallest absolute Gasteiger partial charge is 0.414 e. The Morgan fingerprint density at radius 2 is 2.00 bits per heavy atom. The van der Waals surface area contributed by atoms with Gasteiger partial charge in [-0.3, -0.25) is 14.5 Å². The standard InChI is InChI=1S/C17H17F2N3O4/c1-7(23)20-4-9-6-22(17(25)26-9)8-2-11(18)15(12(19)3-8)13-10-5-21-16(24)14(10)13/h2-3,9-10,13-14H,4-6H2,1H3,(H,20,23)(H,21,24)/t9-,10+,13+,14+/m0/s1. The molecule has 2 saturated heterocycles. The molecule has 2 heterocycles. The minimum absolute atomic E-state index is 0.0503. The van der Waals surface area contributed by atoms with Crippen LogP contribution in [0.25, 0.3) is 0 Å². The molecular weight excluding hydrogens is 348 g/mol. The number of rotatable bonds is 4. The van der Waals surface area contributed by atoms with Gasteiger partial charge >= 0.3 is 6.09 Å². The summed E-state index contributed by atoms with van der Waals surface area (Å²) < 4.78 is 34.2. The fourth-order valence-corrected chi connectivity index (χ4v) is 3.86. The lowest BCUT2D eigenvalue weighted by Crippen LogP contribution is -2.33. The molecular formula is C17H17F2N3O4. The third-order valence-electron chi connectivity index (χ3n) is 5.14. The molecule has 2 aliphatic heterocycles. The van der Waals surface area contributed by atoms with E-state index in [0.717, 1.165) is 17.0 Å². The summed E-state index contributed by atoms with van der Waals surface area (Å²) in [5, 5.41) is 5.19. The summed E-state index contributed by atoms with van der Waals surface area (Å²) in [6.07, 6.45) is -1.32. The average Bonchev–Trinajstić information content (AvgIpc) is 2.92. The number of piperidine rings is 1. The molecule has 3 amide bonds. The maximum atomic E-state index is 14.6. The van der Waals surface area contributed by atoms with Crippen LogP contribution in [0.2, 0.25) is 0 Å². The van der Waals surface area contributed by atoms with E-state index in [0.29, 0.717) is 6.54 Å². The van der Waals surface area contributed by atoms with Crippen molar-refractivity contribution < 1.29 is 27.9 Å². The van der Waals surface area contributed by atoms with Crippen molar-refractivity contribution in [1.29, 1.82) is 0 Å². The first-order chi connectivity index (χ1) is 12.4. The van der Waals surface area contributed by atoms with E-state index in [4.69, 9.17) is 4.74 Å². The predicted molar refractivity (Wildman–Crippen MR) is 85.4 cm³/mol. The number of nitrogens with zero attached hydrogens (tertiary/aromatic N) is 1. The van der Waals surface area contributed by atoms with Crippen molar-refractivity contribution in [3.05, 3.63) is 29.3 Å². The number of halogens is 2. The van der Waals surface area contributed by atoms with Gasteiger partial charge in [-0.15, -0.1) is 0 Å². The zero-order valence-electron chi connectivity index (χ0n) is 13.9. The molecule has 2 N–H and O–H groups in total. The summed E-state index contributed by atoms with van der Waals surface area (Å²) in [7, 11) is 0. The molecule has 1 aromatic carbocycles. The third kappa shape index (κ3) is 2.67. The molecule has 4 atom stereocenters. The molecule has 4 rings (SSSR count). The quantitative estimate of drug-likeness (QED) is 0.829. The maximum Gasteiger partial charge on any atom is 0.414 e. The van der Waals surface area contributed by atoms with Crippen molar-refractivity contribution in [3.8, 4) is 0 Å². The van der Waals surface area contributed by atoms with Gasteiger partial charge in [0.15, 0.2) is 0 Å². The Kier molecular flexibility index (Phi) is 3.82. The number of ether oxygens (including phenoxy) is 1. The van der Waals surface area contributed by atoms with E-state index in [9.17, 15) is 23.2 Å². The van der Waals surface area contributed by atoms with Crippen LogP contribution >= 0.6 is 0 Å². The summed E-state index contributed by atoms with van der Waals surface area (Å²) in [5.74, 6) is -2.88. The van der Waals surface area contributed by atoms with E-state index in [1.165, 1.54) is 6.92 Å². The Labute approximate surface area is 147 Å². The highest BCUT2D eigenvalue weighted by Gasteiger charge is 2.60. The summed E-state index contributed by atoms with van der Waals surface area (Å²) >= 11 is 0. The summed E-state index contributed by atoms with van der Waals surface area (Å²) in [6.45, 7) is 1.97. The molecule has 3 aliphatic rings. The highest BCUT2D eigenvalue weighted by molar-refractivity contribution is 5.90. The van der Waals surface area contributed by atoms with Crippen molar-refractivity contribution in [2.75, 3.05) is 24.5 Å². The first kappa shape index (κ1) is 16.7. The second kappa shape index (κ2) is 5.93. The van der Waals surface area contributed by atoms with Crippen molar-refractivity contribution in [3.63, 3.8) is 0 Å². The predicted octanol–water partition coefficient (Wildman–Crippen LogP) is 0.885. The number of fused-ring (bicyclic) bond motifs is 1. The van der Waals surface area contributed by atoms with Gasteiger partial charge in [0.1, 0.15) is 17.7 Å². The maximum absolute atomic E-state index is 14.6. The van der Waals surface area contributed by atoms with Crippen molar-refractivity contribution >= 4 is 23.6 Å². The first-order valence-corrected chi connectivity index (χ1v) is 8.36. The van der Waals surface area contributed by atoms with Gasteiger partial charge in [-0.2, -0.15) is 0 Å². The highest BCUT2D eigenvalue weighted by Crippen LogP contribution is 2.57. The topological polar surface area (TPSA) is 87.7 Å². The van der Waals surface area contributed by atoms with Crippen molar-refractivity contribution in [1.82, 2.24) is 10.6 Å². The minimum atomic E-state index is -0.773. The van der Waals surface area contributed by atoms with Crippen LogP contribution in [0.5, 0.6) is 0 Å². The Bertz CT molecular complexity index is 792. The van der Waals surface area contributed by atoms with Crippen LogP contribution in [0.1, 0.15) is 18.4 Å². The molecule has 26 heavy (non-hydrogen) atoms. The molecule has 9 heteroatoms. The van der Waals surface area contributed by atoms with E-state index < -0.39 is 29.7 Å². The first-order valence-electron chi connectivity index (χ1n) is 8.36. The van der Waals surface area contributed by atoms with Crippen LogP contribution in [-0.4, -0.2) is 43.6 Å². The lowest BCUT2D eigenvalue weighted by Gasteiger charge is -2.16. The lowest BCUT2D eigenvalue weighted by atomic mass is 10.0. The Hall–Kier alpha value is -2.71. The van der Waals surface area contributed by atoms with Crippen LogP contribution < -0.4 is 15.5 Å². The van der Waals surface area contributed by atoms with Crippen LogP contribution in [0.15, 0.2) is 12.1 Å². The van der Waals surface area contributed by atoms with E-state index >= 15 is 0 Å². The van der Waals surface area contributed by atoms with Gasteiger partial charge in [0.05, 0.1) is 24.7 Å². The number of amides is 3. The van der Waals surface area contributed by atoms with E-state index in [-0.39, 0.29) is 48.0 Å². The molecule has 0 radical (unpaired) electrons. The van der Waals surface area contributed by atoms with Crippen LogP contribution in [-0.2, 0) is 14.3 Å². The molecule has 1 saturated carbocycles. The molecule has 3 fully saturated rings. The summed E-state index contributed by atoms with van der Waals surface area (Å²) in [6, 6.07) is 2.18. The summed E-state index contributed by atoms with van der Waals surface area (Å²) in [4.78, 5) is 35.7. The van der Waals surface area contributed by atoms with Gasteiger partial charge in [-0.05, 0) is 18.1 Å². The van der Waals surface area contributed by atoms with Crippen LogP contribution in [0.4, 0.5) is 19.3 Å². The molecule has 138 valence electrons. The largest absolute Gasteiger partial charge is 0.442 e. The summed E-state index contributed by atoms with van der Waals surface area (Å²) in [5.41, 5.74) is -0.0460. The Morgan fingerprint density at radius 3 is 2.58 bits per heavy atom. The molecule has 1 aliphatic carbocycles. The fourth-order valence-electron chi connectivity index (χ4n) is 3.86. The second-order valence-electron chi connectivity index (χ2n) is 6.84. The third-order valence-corrected chi connectivity index (χ3v) is 5.14. The van der Waals surface area contributed by atoms with Crippen molar-refractivity contribution in [2.24, 2.45) is 11.8 Å². The normalized spacial score (nSPS) is 29.3. The van der Waals surface area contributed by atoms with Crippen LogP contribution in [0, 0.1) is 23.5 Å². The number of benzene rings is 1. The number of carbonyl (C=O) groups is 3. The Morgan fingerprint density at radius 1 is 1.31 bits per heavy atom. The van der Waals surface area contributed by atoms with Gasteiger partial charge < -0.3 is 15.4 Å². The zero-order chi connectivity index (χ0) is 18.6. The molecule has 0 unspecified atom stereocenters. The second-order valence-corrected chi connectivity index (χ2v) is 6.84.